The number of carbonyl (C=O) groups is 2. The first-order chi connectivity index (χ1) is 16.5. The van der Waals surface area contributed by atoms with Gasteiger partial charge >= 0.3 is 29.6 Å². The Labute approximate surface area is 225 Å². The molecule has 3 aromatic carbocycles. The van der Waals surface area contributed by atoms with Gasteiger partial charge < -0.3 is 19.8 Å². The number of nitrogens with one attached hydrogen (secondary N) is 1. The summed E-state index contributed by atoms with van der Waals surface area (Å²) < 4.78 is 1.30. The van der Waals surface area contributed by atoms with Crippen molar-refractivity contribution in [2.24, 2.45) is 7.05 Å². The number of imidazole rings is 1. The van der Waals surface area contributed by atoms with Gasteiger partial charge in [-0.3, -0.25) is 9.69 Å². The number of rotatable bonds is 7. The third kappa shape index (κ3) is 4.44. The van der Waals surface area contributed by atoms with E-state index in [1.54, 1.807) is 0 Å². The van der Waals surface area contributed by atoms with Gasteiger partial charge in [0.1, 0.15) is 17.8 Å². The SMILES string of the molecule is Cn1c(NC(=O)C2C[N@@]2C(c2ccccc2)(c2ccccc2)c2ccccc2)cnc1C(=O)[O-].[Na+]. The Kier molecular flexibility index (Phi) is 7.23. The van der Waals surface area contributed by atoms with Crippen molar-refractivity contribution in [1.29, 1.82) is 0 Å². The van der Waals surface area contributed by atoms with Gasteiger partial charge in [0.25, 0.3) is 0 Å². The molecule has 1 aliphatic heterocycles. The van der Waals surface area contributed by atoms with Gasteiger partial charge in [-0.25, -0.2) is 4.98 Å². The van der Waals surface area contributed by atoms with Crippen molar-refractivity contribution in [2.75, 3.05) is 11.9 Å². The van der Waals surface area contributed by atoms with Crippen LogP contribution in [0.25, 0.3) is 0 Å². The van der Waals surface area contributed by atoms with Crippen LogP contribution >= 0.6 is 0 Å². The average Bonchev–Trinajstić information content (AvgIpc) is 3.59. The number of benzene rings is 3. The van der Waals surface area contributed by atoms with E-state index in [1.807, 2.05) is 54.6 Å². The predicted octanol–water partition coefficient (Wildman–Crippen LogP) is -0.598. The van der Waals surface area contributed by atoms with Crippen LogP contribution < -0.4 is 40.0 Å². The molecule has 1 aromatic heterocycles. The topological polar surface area (TPSA) is 90.1 Å². The monoisotopic (exact) mass is 474 g/mol. The molecule has 2 atom stereocenters. The van der Waals surface area contributed by atoms with Crippen LogP contribution in [0.15, 0.2) is 97.2 Å². The molecule has 8 heteroatoms. The zero-order valence-electron chi connectivity index (χ0n) is 19.6. The molecule has 1 aliphatic rings. The molecule has 0 saturated carbocycles. The zero-order valence-corrected chi connectivity index (χ0v) is 21.6. The summed E-state index contributed by atoms with van der Waals surface area (Å²) in [5.41, 5.74) is 2.50. The van der Waals surface area contributed by atoms with Crippen molar-refractivity contribution >= 4 is 17.7 Å². The van der Waals surface area contributed by atoms with Crippen molar-refractivity contribution in [1.82, 2.24) is 14.5 Å². The number of carboxylic acids is 1. The summed E-state index contributed by atoms with van der Waals surface area (Å²) in [5.74, 6) is -1.55. The minimum atomic E-state index is -1.40. The number of nitrogens with zero attached hydrogens (tertiary/aromatic N) is 3. The molecular weight excluding hydrogens is 451 g/mol. The normalized spacial score (nSPS) is 16.7. The fourth-order valence-electron chi connectivity index (χ4n) is 4.69. The van der Waals surface area contributed by atoms with Gasteiger partial charge in [-0.15, -0.1) is 0 Å². The predicted molar refractivity (Wildman–Crippen MR) is 126 cm³/mol. The Morgan fingerprint density at radius 3 is 1.74 bits per heavy atom. The quantitative estimate of drug-likeness (QED) is 0.220. The Bertz CT molecular complexity index is 1230. The van der Waals surface area contributed by atoms with Gasteiger partial charge in [0.05, 0.1) is 11.7 Å². The number of carbonyl (C=O) groups excluding carboxylic acids is 2. The van der Waals surface area contributed by atoms with Crippen LogP contribution in [0, 0.1) is 0 Å². The number of hydrogen-bond donors (Lipinski definition) is 1. The third-order valence-electron chi connectivity index (χ3n) is 6.34. The average molecular weight is 474 g/mol. The Hall–Kier alpha value is -3.23. The van der Waals surface area contributed by atoms with E-state index in [-0.39, 0.29) is 41.3 Å². The van der Waals surface area contributed by atoms with E-state index in [9.17, 15) is 14.7 Å². The van der Waals surface area contributed by atoms with E-state index in [0.717, 1.165) is 16.7 Å². The number of hydrogen-bond acceptors (Lipinski definition) is 5. The molecule has 170 valence electrons. The van der Waals surface area contributed by atoms with E-state index in [4.69, 9.17) is 0 Å². The molecule has 1 fully saturated rings. The fraction of sp³-hybridized carbons (Fsp3) is 0.148. The number of aromatic nitrogens is 2. The molecule has 0 radical (unpaired) electrons. The van der Waals surface area contributed by atoms with Gasteiger partial charge in [0, 0.05) is 13.6 Å². The van der Waals surface area contributed by atoms with Crippen LogP contribution in [0.2, 0.25) is 0 Å². The third-order valence-corrected chi connectivity index (χ3v) is 6.34. The van der Waals surface area contributed by atoms with E-state index in [1.165, 1.54) is 17.8 Å². The smallest absolute Gasteiger partial charge is 0.542 e. The van der Waals surface area contributed by atoms with E-state index < -0.39 is 17.6 Å². The second kappa shape index (κ2) is 10.2. The molecule has 4 aromatic rings. The van der Waals surface area contributed by atoms with Crippen molar-refractivity contribution < 1.29 is 44.3 Å². The van der Waals surface area contributed by atoms with Crippen LogP contribution in [0.1, 0.15) is 27.3 Å². The summed E-state index contributed by atoms with van der Waals surface area (Å²) in [5, 5.41) is 14.0. The Morgan fingerprint density at radius 2 is 1.34 bits per heavy atom. The summed E-state index contributed by atoms with van der Waals surface area (Å²) in [4.78, 5) is 30.5. The number of aromatic carboxylic acids is 1. The van der Waals surface area contributed by atoms with E-state index in [2.05, 4.69) is 51.6 Å². The van der Waals surface area contributed by atoms with Crippen LogP contribution in [0.3, 0.4) is 0 Å². The molecule has 2 heterocycles. The number of carboxylic acid groups (broad SMARTS) is 1. The summed E-state index contributed by atoms with van der Waals surface area (Å²) in [6, 6.07) is 30.1. The van der Waals surface area contributed by atoms with Crippen molar-refractivity contribution in [3.05, 3.63) is 120 Å². The maximum Gasteiger partial charge on any atom is 1.00 e. The largest absolute Gasteiger partial charge is 1.00 e. The maximum absolute atomic E-state index is 13.3. The Morgan fingerprint density at radius 1 is 0.886 bits per heavy atom. The molecule has 5 rings (SSSR count). The summed E-state index contributed by atoms with van der Waals surface area (Å²) in [6.07, 6.45) is 1.33. The van der Waals surface area contributed by atoms with Gasteiger partial charge in [0.15, 0.2) is 5.82 Å². The first kappa shape index (κ1) is 24.9. The summed E-state index contributed by atoms with van der Waals surface area (Å²) in [6.45, 7) is 0.537. The standard InChI is InChI=1S/C27H24N4O3.Na/c1-30-23(17-28-24(30)26(33)34)29-25(32)22-18-31(22)27(19-11-5-2-6-12-19,20-13-7-3-8-14-20)21-15-9-4-10-16-21;/h2-17,22H,18H2,1H3,(H,29,32)(H,33,34);/q;+1/p-1/t22?,31-;/m1./s1. The van der Waals surface area contributed by atoms with Gasteiger partial charge in [-0.05, 0) is 16.7 Å². The number of amides is 1. The summed E-state index contributed by atoms with van der Waals surface area (Å²) in [7, 11) is 1.53. The maximum atomic E-state index is 13.3. The molecule has 0 aliphatic carbocycles. The number of anilines is 1. The van der Waals surface area contributed by atoms with E-state index >= 15 is 0 Å². The molecule has 1 saturated heterocycles. The van der Waals surface area contributed by atoms with Crippen molar-refractivity contribution in [2.45, 2.75) is 11.6 Å². The van der Waals surface area contributed by atoms with Crippen LogP contribution in [0.4, 0.5) is 5.82 Å². The van der Waals surface area contributed by atoms with Gasteiger partial charge in [-0.1, -0.05) is 91.0 Å². The minimum Gasteiger partial charge on any atom is -0.542 e. The van der Waals surface area contributed by atoms with Crippen LogP contribution in [-0.2, 0) is 17.4 Å². The van der Waals surface area contributed by atoms with Gasteiger partial charge in [0.2, 0.25) is 5.91 Å². The zero-order chi connectivity index (χ0) is 23.7. The molecule has 7 nitrogen and oxygen atoms in total. The summed E-state index contributed by atoms with van der Waals surface area (Å²) >= 11 is 0. The molecule has 0 spiro atoms. The minimum absolute atomic E-state index is 0. The van der Waals surface area contributed by atoms with Crippen LogP contribution in [-0.4, -0.2) is 38.9 Å². The molecule has 35 heavy (non-hydrogen) atoms. The van der Waals surface area contributed by atoms with E-state index in [0.29, 0.717) is 12.4 Å². The molecule has 1 amide bonds. The molecular formula is C27H23N4NaO3. The van der Waals surface area contributed by atoms with Crippen molar-refractivity contribution in [3.8, 4) is 0 Å². The molecule has 1 unspecified atom stereocenters. The molecule has 0 bridgehead atoms. The van der Waals surface area contributed by atoms with Crippen LogP contribution in [0.5, 0.6) is 0 Å². The van der Waals surface area contributed by atoms with Crippen molar-refractivity contribution in [3.63, 3.8) is 0 Å². The second-order valence-electron chi connectivity index (χ2n) is 8.28. The van der Waals surface area contributed by atoms with Gasteiger partial charge in [-0.2, -0.15) is 0 Å². The fourth-order valence-corrected chi connectivity index (χ4v) is 4.69. The first-order valence-corrected chi connectivity index (χ1v) is 11.0. The second-order valence-corrected chi connectivity index (χ2v) is 8.28. The first-order valence-electron chi connectivity index (χ1n) is 11.0. The Balaban J connectivity index is 0.00000289. The molecule has 1 N–H and O–H groups in total.